The molecule has 0 radical (unpaired) electrons. The van der Waals surface area contributed by atoms with Gasteiger partial charge >= 0.3 is 0 Å². The zero-order chi connectivity index (χ0) is 18.7. The molecule has 8 heteroatoms. The van der Waals surface area contributed by atoms with Crippen molar-refractivity contribution >= 4 is 11.6 Å². The molecule has 0 aromatic carbocycles. The SMILES string of the molecule is CCNC(=NCCCc1nnc2ccccn12)NCCCN1CCOCC1. The van der Waals surface area contributed by atoms with Gasteiger partial charge in [-0.1, -0.05) is 6.07 Å². The molecule has 27 heavy (non-hydrogen) atoms. The van der Waals surface area contributed by atoms with Crippen LogP contribution in [0, 0.1) is 0 Å². The molecule has 3 rings (SSSR count). The Balaban J connectivity index is 1.37. The van der Waals surface area contributed by atoms with Gasteiger partial charge in [-0.25, -0.2) is 0 Å². The van der Waals surface area contributed by atoms with E-state index in [4.69, 9.17) is 4.74 Å². The Labute approximate surface area is 161 Å². The van der Waals surface area contributed by atoms with Gasteiger partial charge in [0.2, 0.25) is 0 Å². The first-order valence-electron chi connectivity index (χ1n) is 9.97. The summed E-state index contributed by atoms with van der Waals surface area (Å²) in [6, 6.07) is 5.95. The summed E-state index contributed by atoms with van der Waals surface area (Å²) in [4.78, 5) is 7.14. The molecule has 0 amide bonds. The molecular weight excluding hydrogens is 342 g/mol. The highest BCUT2D eigenvalue weighted by Crippen LogP contribution is 2.05. The van der Waals surface area contributed by atoms with Gasteiger partial charge in [-0.15, -0.1) is 10.2 Å². The van der Waals surface area contributed by atoms with Gasteiger partial charge in [-0.2, -0.15) is 0 Å². The van der Waals surface area contributed by atoms with E-state index in [-0.39, 0.29) is 0 Å². The number of ether oxygens (including phenoxy) is 1. The Morgan fingerprint density at radius 1 is 1.19 bits per heavy atom. The zero-order valence-corrected chi connectivity index (χ0v) is 16.2. The first kappa shape index (κ1) is 19.6. The van der Waals surface area contributed by atoms with Gasteiger partial charge < -0.3 is 15.4 Å². The summed E-state index contributed by atoms with van der Waals surface area (Å²) < 4.78 is 7.43. The highest BCUT2D eigenvalue weighted by Gasteiger charge is 2.09. The second-order valence-corrected chi connectivity index (χ2v) is 6.64. The van der Waals surface area contributed by atoms with Crippen molar-refractivity contribution in [3.8, 4) is 0 Å². The Bertz CT molecular complexity index is 709. The van der Waals surface area contributed by atoms with E-state index >= 15 is 0 Å². The Hall–Kier alpha value is -2.19. The zero-order valence-electron chi connectivity index (χ0n) is 16.2. The number of aliphatic imine (C=N–C) groups is 1. The van der Waals surface area contributed by atoms with Crippen LogP contribution in [0.15, 0.2) is 29.4 Å². The van der Waals surface area contributed by atoms with E-state index in [1.807, 2.05) is 28.8 Å². The Morgan fingerprint density at radius 3 is 2.93 bits per heavy atom. The molecule has 1 saturated heterocycles. The highest BCUT2D eigenvalue weighted by molar-refractivity contribution is 5.79. The minimum atomic E-state index is 0.764. The summed E-state index contributed by atoms with van der Waals surface area (Å²) in [6.45, 7) is 9.57. The molecule has 1 fully saturated rings. The lowest BCUT2D eigenvalue weighted by molar-refractivity contribution is 0.0376. The van der Waals surface area contributed by atoms with Gasteiger partial charge in [-0.3, -0.25) is 14.3 Å². The number of hydrogen-bond donors (Lipinski definition) is 2. The molecule has 148 valence electrons. The molecule has 0 saturated carbocycles. The molecule has 0 bridgehead atoms. The summed E-state index contributed by atoms with van der Waals surface area (Å²) in [6.07, 6.45) is 4.93. The maximum absolute atomic E-state index is 5.39. The minimum absolute atomic E-state index is 0.764. The smallest absolute Gasteiger partial charge is 0.191 e. The number of aromatic nitrogens is 3. The quantitative estimate of drug-likeness (QED) is 0.387. The van der Waals surface area contributed by atoms with E-state index < -0.39 is 0 Å². The summed E-state index contributed by atoms with van der Waals surface area (Å²) in [7, 11) is 0. The van der Waals surface area contributed by atoms with E-state index in [9.17, 15) is 0 Å². The first-order valence-corrected chi connectivity index (χ1v) is 9.97. The minimum Gasteiger partial charge on any atom is -0.379 e. The Morgan fingerprint density at radius 2 is 2.07 bits per heavy atom. The molecule has 2 aromatic rings. The van der Waals surface area contributed by atoms with Crippen molar-refractivity contribution in [2.24, 2.45) is 4.99 Å². The fraction of sp³-hybridized carbons (Fsp3) is 0.632. The fourth-order valence-electron chi connectivity index (χ4n) is 3.17. The van der Waals surface area contributed by atoms with Crippen LogP contribution in [0.1, 0.15) is 25.6 Å². The first-order chi connectivity index (χ1) is 13.4. The van der Waals surface area contributed by atoms with Gasteiger partial charge in [0, 0.05) is 45.3 Å². The van der Waals surface area contributed by atoms with Gasteiger partial charge in [0.15, 0.2) is 11.6 Å². The van der Waals surface area contributed by atoms with Crippen LogP contribution in [0.5, 0.6) is 0 Å². The molecule has 0 aliphatic carbocycles. The number of aryl methyl sites for hydroxylation is 1. The lowest BCUT2D eigenvalue weighted by atomic mass is 10.3. The lowest BCUT2D eigenvalue weighted by Crippen LogP contribution is -2.40. The van der Waals surface area contributed by atoms with E-state index in [1.54, 1.807) is 0 Å². The van der Waals surface area contributed by atoms with Gasteiger partial charge in [0.25, 0.3) is 0 Å². The normalized spacial score (nSPS) is 16.0. The monoisotopic (exact) mass is 373 g/mol. The van der Waals surface area contributed by atoms with Crippen molar-refractivity contribution < 1.29 is 4.74 Å². The van der Waals surface area contributed by atoms with Crippen molar-refractivity contribution in [3.63, 3.8) is 0 Å². The number of morpholine rings is 1. The van der Waals surface area contributed by atoms with Crippen LogP contribution < -0.4 is 10.6 Å². The van der Waals surface area contributed by atoms with Crippen molar-refractivity contribution in [2.75, 3.05) is 52.5 Å². The van der Waals surface area contributed by atoms with Gasteiger partial charge in [0.1, 0.15) is 5.82 Å². The third kappa shape index (κ3) is 6.18. The van der Waals surface area contributed by atoms with Crippen LogP contribution in [0.25, 0.3) is 5.65 Å². The molecule has 1 aliphatic rings. The standard InChI is InChI=1S/C19H31N7O/c1-2-20-19(22-10-6-11-25-13-15-27-16-14-25)21-9-5-8-18-24-23-17-7-3-4-12-26(17)18/h3-4,7,12H,2,5-6,8-11,13-16H2,1H3,(H2,20,21,22). The number of nitrogens with one attached hydrogen (secondary N) is 2. The number of hydrogen-bond acceptors (Lipinski definition) is 5. The lowest BCUT2D eigenvalue weighted by Gasteiger charge is -2.26. The van der Waals surface area contributed by atoms with Crippen molar-refractivity contribution in [3.05, 3.63) is 30.2 Å². The molecule has 2 N–H and O–H groups in total. The predicted molar refractivity (Wildman–Crippen MR) is 107 cm³/mol. The average molecular weight is 374 g/mol. The fourth-order valence-corrected chi connectivity index (χ4v) is 3.17. The third-order valence-electron chi connectivity index (χ3n) is 4.60. The number of rotatable bonds is 9. The van der Waals surface area contributed by atoms with Gasteiger partial charge in [-0.05, 0) is 38.4 Å². The van der Waals surface area contributed by atoms with E-state index in [0.29, 0.717) is 0 Å². The number of fused-ring (bicyclic) bond motifs is 1. The van der Waals surface area contributed by atoms with Crippen LogP contribution in [-0.2, 0) is 11.2 Å². The summed E-state index contributed by atoms with van der Waals surface area (Å²) in [5.41, 5.74) is 0.895. The van der Waals surface area contributed by atoms with Gasteiger partial charge in [0.05, 0.1) is 13.2 Å². The Kier molecular flexibility index (Phi) is 7.85. The average Bonchev–Trinajstić information content (AvgIpc) is 3.12. The molecule has 0 atom stereocenters. The number of guanidine groups is 1. The molecular formula is C19H31N7O. The number of pyridine rings is 1. The van der Waals surface area contributed by atoms with E-state index in [2.05, 4.69) is 37.6 Å². The summed E-state index contributed by atoms with van der Waals surface area (Å²) in [5, 5.41) is 15.2. The maximum atomic E-state index is 5.39. The molecule has 3 heterocycles. The topological polar surface area (TPSA) is 79.1 Å². The summed E-state index contributed by atoms with van der Waals surface area (Å²) >= 11 is 0. The third-order valence-corrected chi connectivity index (χ3v) is 4.60. The second-order valence-electron chi connectivity index (χ2n) is 6.64. The number of nitrogens with zero attached hydrogens (tertiary/aromatic N) is 5. The van der Waals surface area contributed by atoms with Crippen LogP contribution >= 0.6 is 0 Å². The van der Waals surface area contributed by atoms with Crippen molar-refractivity contribution in [2.45, 2.75) is 26.2 Å². The largest absolute Gasteiger partial charge is 0.379 e. The van der Waals surface area contributed by atoms with E-state index in [1.165, 1.54) is 0 Å². The van der Waals surface area contributed by atoms with E-state index in [0.717, 1.165) is 89.2 Å². The molecule has 2 aromatic heterocycles. The molecule has 8 nitrogen and oxygen atoms in total. The van der Waals surface area contributed by atoms with Crippen LogP contribution in [0.3, 0.4) is 0 Å². The second kappa shape index (κ2) is 10.8. The van der Waals surface area contributed by atoms with Crippen LogP contribution in [0.2, 0.25) is 0 Å². The van der Waals surface area contributed by atoms with Crippen LogP contribution in [-0.4, -0.2) is 77.9 Å². The van der Waals surface area contributed by atoms with Crippen LogP contribution in [0.4, 0.5) is 0 Å². The maximum Gasteiger partial charge on any atom is 0.191 e. The predicted octanol–water partition coefficient (Wildman–Crippen LogP) is 0.939. The molecule has 1 aliphatic heterocycles. The molecule has 0 unspecified atom stereocenters. The summed E-state index contributed by atoms with van der Waals surface area (Å²) in [5.74, 6) is 1.88. The van der Waals surface area contributed by atoms with Crippen molar-refractivity contribution in [1.29, 1.82) is 0 Å². The molecule has 0 spiro atoms. The van der Waals surface area contributed by atoms with Crippen molar-refractivity contribution in [1.82, 2.24) is 30.1 Å². The highest BCUT2D eigenvalue weighted by atomic mass is 16.5.